The van der Waals surface area contributed by atoms with E-state index in [1.807, 2.05) is 36.4 Å². The zero-order valence-electron chi connectivity index (χ0n) is 17.4. The number of rotatable bonds is 6. The molecule has 0 aliphatic rings. The molecule has 1 aromatic heterocycles. The van der Waals surface area contributed by atoms with Gasteiger partial charge in [-0.1, -0.05) is 38.1 Å². The lowest BCUT2D eigenvalue weighted by atomic mass is 9.87. The molecule has 0 atom stereocenters. The number of aromatic nitrogens is 1. The Morgan fingerprint density at radius 1 is 1.00 bits per heavy atom. The quantitative estimate of drug-likeness (QED) is 0.662. The van der Waals surface area contributed by atoms with Gasteiger partial charge in [-0.3, -0.25) is 4.79 Å². The van der Waals surface area contributed by atoms with E-state index >= 15 is 0 Å². The second-order valence-corrected chi connectivity index (χ2v) is 7.76. The molecule has 0 spiro atoms. The first-order chi connectivity index (χ1) is 13.8. The standard InChI is InChI=1S/C23H26N2O4/c1-23(2,3)17-9-6-15(7-10-17)22(26)24-14-18-13-20(29-25-18)16-8-11-19(27-4)21(12-16)28-5/h6-13H,14H2,1-5H3,(H,24,26). The first-order valence-corrected chi connectivity index (χ1v) is 9.38. The van der Waals surface area contributed by atoms with Crippen LogP contribution in [0, 0.1) is 0 Å². The van der Waals surface area contributed by atoms with Crippen molar-refractivity contribution in [3.05, 3.63) is 65.4 Å². The van der Waals surface area contributed by atoms with Gasteiger partial charge in [0.1, 0.15) is 5.69 Å². The lowest BCUT2D eigenvalue weighted by Gasteiger charge is -2.19. The van der Waals surface area contributed by atoms with Gasteiger partial charge in [0.25, 0.3) is 5.91 Å². The zero-order chi connectivity index (χ0) is 21.0. The molecule has 1 amide bonds. The molecule has 0 aliphatic carbocycles. The number of carbonyl (C=O) groups is 1. The smallest absolute Gasteiger partial charge is 0.251 e. The molecule has 1 heterocycles. The number of ether oxygens (including phenoxy) is 2. The molecule has 1 N–H and O–H groups in total. The average Bonchev–Trinajstić information content (AvgIpc) is 3.20. The van der Waals surface area contributed by atoms with Gasteiger partial charge in [0, 0.05) is 17.2 Å². The predicted octanol–water partition coefficient (Wildman–Crippen LogP) is 4.59. The van der Waals surface area contributed by atoms with E-state index in [9.17, 15) is 4.79 Å². The zero-order valence-corrected chi connectivity index (χ0v) is 17.4. The van der Waals surface area contributed by atoms with E-state index in [1.165, 1.54) is 5.56 Å². The SMILES string of the molecule is COc1ccc(-c2cc(CNC(=O)c3ccc(C(C)(C)C)cc3)no2)cc1OC. The third kappa shape index (κ3) is 4.77. The van der Waals surface area contributed by atoms with Gasteiger partial charge in [-0.25, -0.2) is 0 Å². The monoisotopic (exact) mass is 394 g/mol. The number of hydrogen-bond acceptors (Lipinski definition) is 5. The molecule has 29 heavy (non-hydrogen) atoms. The summed E-state index contributed by atoms with van der Waals surface area (Å²) in [6, 6.07) is 14.9. The van der Waals surface area contributed by atoms with Gasteiger partial charge in [0.15, 0.2) is 17.3 Å². The summed E-state index contributed by atoms with van der Waals surface area (Å²) in [5.74, 6) is 1.68. The highest BCUT2D eigenvalue weighted by Crippen LogP contribution is 2.32. The molecule has 0 unspecified atom stereocenters. The molecule has 3 aromatic rings. The fourth-order valence-corrected chi connectivity index (χ4v) is 2.92. The Balaban J connectivity index is 1.65. The molecule has 0 fully saturated rings. The van der Waals surface area contributed by atoms with Crippen molar-refractivity contribution in [2.24, 2.45) is 0 Å². The maximum atomic E-state index is 12.4. The van der Waals surface area contributed by atoms with Crippen LogP contribution in [0.25, 0.3) is 11.3 Å². The highest BCUT2D eigenvalue weighted by atomic mass is 16.5. The number of nitrogens with one attached hydrogen (secondary N) is 1. The van der Waals surface area contributed by atoms with Crippen molar-refractivity contribution >= 4 is 5.91 Å². The minimum absolute atomic E-state index is 0.0518. The number of methoxy groups -OCH3 is 2. The molecule has 6 nitrogen and oxygen atoms in total. The number of nitrogens with zero attached hydrogens (tertiary/aromatic N) is 1. The lowest BCUT2D eigenvalue weighted by molar-refractivity contribution is 0.0950. The summed E-state index contributed by atoms with van der Waals surface area (Å²) in [6.45, 7) is 6.70. The van der Waals surface area contributed by atoms with E-state index in [-0.39, 0.29) is 17.9 Å². The van der Waals surface area contributed by atoms with E-state index in [4.69, 9.17) is 14.0 Å². The second kappa shape index (κ2) is 8.39. The van der Waals surface area contributed by atoms with Gasteiger partial charge >= 0.3 is 0 Å². The van der Waals surface area contributed by atoms with Crippen LogP contribution in [0.5, 0.6) is 11.5 Å². The molecule has 0 saturated carbocycles. The molecular formula is C23H26N2O4. The fourth-order valence-electron chi connectivity index (χ4n) is 2.92. The lowest BCUT2D eigenvalue weighted by Crippen LogP contribution is -2.23. The maximum absolute atomic E-state index is 12.4. The van der Waals surface area contributed by atoms with Gasteiger partial charge in [0.2, 0.25) is 0 Å². The first-order valence-electron chi connectivity index (χ1n) is 9.38. The molecule has 3 rings (SSSR count). The molecule has 152 valence electrons. The summed E-state index contributed by atoms with van der Waals surface area (Å²) in [7, 11) is 3.17. The van der Waals surface area contributed by atoms with Crippen LogP contribution in [0.1, 0.15) is 42.4 Å². The number of carbonyl (C=O) groups excluding carboxylic acids is 1. The average molecular weight is 394 g/mol. The summed E-state index contributed by atoms with van der Waals surface area (Å²) in [4.78, 5) is 12.4. The van der Waals surface area contributed by atoms with Crippen LogP contribution in [0.15, 0.2) is 53.1 Å². The largest absolute Gasteiger partial charge is 0.493 e. The van der Waals surface area contributed by atoms with Crippen LogP contribution >= 0.6 is 0 Å². The summed E-state index contributed by atoms with van der Waals surface area (Å²) in [5.41, 5.74) is 3.29. The summed E-state index contributed by atoms with van der Waals surface area (Å²) >= 11 is 0. The van der Waals surface area contributed by atoms with Gasteiger partial charge in [0.05, 0.1) is 20.8 Å². The van der Waals surface area contributed by atoms with Crippen molar-refractivity contribution in [2.75, 3.05) is 14.2 Å². The van der Waals surface area contributed by atoms with Crippen molar-refractivity contribution in [1.29, 1.82) is 0 Å². The van der Waals surface area contributed by atoms with Crippen molar-refractivity contribution in [3.8, 4) is 22.8 Å². The van der Waals surface area contributed by atoms with E-state index in [0.29, 0.717) is 28.5 Å². The summed E-state index contributed by atoms with van der Waals surface area (Å²) in [6.07, 6.45) is 0. The fraction of sp³-hybridized carbons (Fsp3) is 0.304. The van der Waals surface area contributed by atoms with Gasteiger partial charge < -0.3 is 19.3 Å². The summed E-state index contributed by atoms with van der Waals surface area (Å²) < 4.78 is 16.0. The predicted molar refractivity (Wildman–Crippen MR) is 111 cm³/mol. The molecule has 6 heteroatoms. The summed E-state index contributed by atoms with van der Waals surface area (Å²) in [5, 5.41) is 6.91. The maximum Gasteiger partial charge on any atom is 0.251 e. The third-order valence-corrected chi connectivity index (χ3v) is 4.67. The van der Waals surface area contributed by atoms with Gasteiger partial charge in [-0.05, 0) is 41.3 Å². The topological polar surface area (TPSA) is 73.6 Å². The van der Waals surface area contributed by atoms with Crippen LogP contribution in [-0.2, 0) is 12.0 Å². The Hall–Kier alpha value is -3.28. The highest BCUT2D eigenvalue weighted by Gasteiger charge is 2.15. The first kappa shape index (κ1) is 20.5. The van der Waals surface area contributed by atoms with E-state index in [1.54, 1.807) is 26.4 Å². The Morgan fingerprint density at radius 2 is 1.69 bits per heavy atom. The minimum Gasteiger partial charge on any atom is -0.493 e. The van der Waals surface area contributed by atoms with Crippen LogP contribution in [0.3, 0.4) is 0 Å². The Bertz CT molecular complexity index is 985. The highest BCUT2D eigenvalue weighted by molar-refractivity contribution is 5.94. The molecule has 0 bridgehead atoms. The van der Waals surface area contributed by atoms with Crippen LogP contribution in [-0.4, -0.2) is 25.3 Å². The molecule has 0 aliphatic heterocycles. The Morgan fingerprint density at radius 3 is 2.31 bits per heavy atom. The van der Waals surface area contributed by atoms with Gasteiger partial charge in [-0.2, -0.15) is 0 Å². The van der Waals surface area contributed by atoms with Crippen molar-refractivity contribution < 1.29 is 18.8 Å². The molecule has 0 radical (unpaired) electrons. The number of amides is 1. The number of benzene rings is 2. The van der Waals surface area contributed by atoms with E-state index in [0.717, 1.165) is 5.56 Å². The van der Waals surface area contributed by atoms with E-state index < -0.39 is 0 Å². The van der Waals surface area contributed by atoms with Crippen LogP contribution in [0.2, 0.25) is 0 Å². The van der Waals surface area contributed by atoms with Crippen molar-refractivity contribution in [3.63, 3.8) is 0 Å². The molecule has 2 aromatic carbocycles. The van der Waals surface area contributed by atoms with Gasteiger partial charge in [-0.15, -0.1) is 0 Å². The molecular weight excluding hydrogens is 368 g/mol. The van der Waals surface area contributed by atoms with Crippen LogP contribution in [0.4, 0.5) is 0 Å². The molecule has 0 saturated heterocycles. The normalized spacial score (nSPS) is 11.2. The van der Waals surface area contributed by atoms with Crippen molar-refractivity contribution in [1.82, 2.24) is 10.5 Å². The Kier molecular flexibility index (Phi) is 5.92. The number of hydrogen-bond donors (Lipinski definition) is 1. The van der Waals surface area contributed by atoms with Crippen LogP contribution < -0.4 is 14.8 Å². The van der Waals surface area contributed by atoms with E-state index in [2.05, 4.69) is 31.2 Å². The third-order valence-electron chi connectivity index (χ3n) is 4.67. The van der Waals surface area contributed by atoms with Crippen molar-refractivity contribution in [2.45, 2.75) is 32.7 Å². The Labute approximate surface area is 170 Å². The minimum atomic E-state index is -0.152. The second-order valence-electron chi connectivity index (χ2n) is 7.76.